The molecule has 1 aliphatic heterocycles. The van der Waals surface area contributed by atoms with E-state index in [4.69, 9.17) is 4.42 Å². The van der Waals surface area contributed by atoms with Crippen LogP contribution in [-0.2, 0) is 9.59 Å². The molecule has 1 saturated carbocycles. The number of furan rings is 1. The summed E-state index contributed by atoms with van der Waals surface area (Å²) >= 11 is 0. The fourth-order valence-corrected chi connectivity index (χ4v) is 3.63. The smallest absolute Gasteiger partial charge is 0.257 e. The van der Waals surface area contributed by atoms with E-state index < -0.39 is 11.6 Å². The molecule has 7 heteroatoms. The van der Waals surface area contributed by atoms with Gasteiger partial charge in [-0.1, -0.05) is 26.7 Å². The molecule has 1 saturated heterocycles. The van der Waals surface area contributed by atoms with Crippen LogP contribution in [0.25, 0.3) is 0 Å². The van der Waals surface area contributed by atoms with E-state index in [9.17, 15) is 14.4 Å². The molecular weight excluding hydrogens is 322 g/mol. The Morgan fingerprint density at radius 1 is 1.36 bits per heavy atom. The summed E-state index contributed by atoms with van der Waals surface area (Å²) < 4.78 is 5.02. The van der Waals surface area contributed by atoms with Crippen molar-refractivity contribution in [1.29, 1.82) is 0 Å². The Kier molecular flexibility index (Phi) is 4.83. The van der Waals surface area contributed by atoms with Gasteiger partial charge in [0.1, 0.15) is 12.3 Å². The van der Waals surface area contributed by atoms with Crippen LogP contribution in [-0.4, -0.2) is 47.3 Å². The lowest BCUT2D eigenvalue weighted by atomic mass is 9.97. The third-order valence-electron chi connectivity index (χ3n) is 5.06. The first-order chi connectivity index (χ1) is 11.9. The third kappa shape index (κ3) is 3.70. The lowest BCUT2D eigenvalue weighted by Crippen LogP contribution is -2.54. The number of hydrogen-bond acceptors (Lipinski definition) is 4. The summed E-state index contributed by atoms with van der Waals surface area (Å²) in [5.41, 5.74) is 0.0600. The lowest BCUT2D eigenvalue weighted by molar-refractivity contribution is -0.131. The van der Waals surface area contributed by atoms with E-state index in [1.165, 1.54) is 12.5 Å². The number of nitrogens with one attached hydrogen (secondary N) is 2. The molecule has 3 rings (SSSR count). The summed E-state index contributed by atoms with van der Waals surface area (Å²) in [4.78, 5) is 39.3. The van der Waals surface area contributed by atoms with Gasteiger partial charge in [-0.05, 0) is 18.9 Å². The molecule has 2 fully saturated rings. The van der Waals surface area contributed by atoms with Crippen molar-refractivity contribution in [2.45, 2.75) is 51.1 Å². The van der Waals surface area contributed by atoms with Gasteiger partial charge in [-0.15, -0.1) is 0 Å². The van der Waals surface area contributed by atoms with Gasteiger partial charge in [-0.3, -0.25) is 14.4 Å². The maximum absolute atomic E-state index is 12.8. The first-order valence-electron chi connectivity index (χ1n) is 8.84. The first kappa shape index (κ1) is 17.5. The fourth-order valence-electron chi connectivity index (χ4n) is 3.63. The van der Waals surface area contributed by atoms with E-state index in [0.29, 0.717) is 12.1 Å². The Labute approximate surface area is 147 Å². The van der Waals surface area contributed by atoms with Gasteiger partial charge in [0.25, 0.3) is 5.91 Å². The number of carbonyl (C=O) groups excluding carboxylic acids is 3. The minimum Gasteiger partial charge on any atom is -0.472 e. The number of rotatable bonds is 3. The highest BCUT2D eigenvalue weighted by molar-refractivity contribution is 5.95. The summed E-state index contributed by atoms with van der Waals surface area (Å²) in [5.74, 6) is -0.813. The van der Waals surface area contributed by atoms with Gasteiger partial charge in [0, 0.05) is 12.5 Å². The van der Waals surface area contributed by atoms with Gasteiger partial charge in [0.2, 0.25) is 11.8 Å². The van der Waals surface area contributed by atoms with E-state index in [2.05, 4.69) is 10.6 Å². The molecule has 136 valence electrons. The number of hydrogen-bond donors (Lipinski definition) is 2. The molecule has 1 aromatic heterocycles. The monoisotopic (exact) mass is 347 g/mol. The number of nitrogens with zero attached hydrogens (tertiary/aromatic N) is 1. The second kappa shape index (κ2) is 6.90. The second-order valence-electron chi connectivity index (χ2n) is 7.39. The predicted molar refractivity (Wildman–Crippen MR) is 90.7 cm³/mol. The van der Waals surface area contributed by atoms with Gasteiger partial charge in [0.05, 0.1) is 23.9 Å². The fraction of sp³-hybridized carbons (Fsp3) is 0.611. The topological polar surface area (TPSA) is 91.7 Å². The van der Waals surface area contributed by atoms with Gasteiger partial charge in [-0.2, -0.15) is 0 Å². The molecule has 0 radical (unpaired) electrons. The molecule has 1 atom stereocenters. The third-order valence-corrected chi connectivity index (χ3v) is 5.06. The normalized spacial score (nSPS) is 22.8. The largest absolute Gasteiger partial charge is 0.472 e. The van der Waals surface area contributed by atoms with E-state index in [-0.39, 0.29) is 30.2 Å². The van der Waals surface area contributed by atoms with Crippen LogP contribution in [0.1, 0.15) is 49.9 Å². The van der Waals surface area contributed by atoms with Crippen LogP contribution in [0.4, 0.5) is 0 Å². The second-order valence-corrected chi connectivity index (χ2v) is 7.39. The van der Waals surface area contributed by atoms with Crippen LogP contribution in [0.5, 0.6) is 0 Å². The SMILES string of the molecule is CC(C)C(=O)NC1CN(C(=O)c2ccoc2)CC2(CCCC2)NC1=O. The van der Waals surface area contributed by atoms with Crippen molar-refractivity contribution >= 4 is 17.7 Å². The zero-order valence-electron chi connectivity index (χ0n) is 14.7. The van der Waals surface area contributed by atoms with Crippen LogP contribution in [0, 0.1) is 5.92 Å². The summed E-state index contributed by atoms with van der Waals surface area (Å²) in [7, 11) is 0. The minimum absolute atomic E-state index is 0.163. The van der Waals surface area contributed by atoms with E-state index in [1.807, 2.05) is 0 Å². The molecular formula is C18H25N3O4. The Hall–Kier alpha value is -2.31. The van der Waals surface area contributed by atoms with E-state index in [1.54, 1.807) is 24.8 Å². The summed E-state index contributed by atoms with van der Waals surface area (Å²) in [6.45, 7) is 4.17. The van der Waals surface area contributed by atoms with Crippen molar-refractivity contribution in [2.75, 3.05) is 13.1 Å². The highest BCUT2D eigenvalue weighted by Crippen LogP contribution is 2.32. The molecule has 1 spiro atoms. The van der Waals surface area contributed by atoms with Crippen LogP contribution in [0.15, 0.2) is 23.0 Å². The summed E-state index contributed by atoms with van der Waals surface area (Å²) in [6, 6.07) is 0.872. The zero-order valence-corrected chi connectivity index (χ0v) is 14.7. The van der Waals surface area contributed by atoms with Crippen molar-refractivity contribution < 1.29 is 18.8 Å². The maximum atomic E-state index is 12.8. The quantitative estimate of drug-likeness (QED) is 0.862. The Bertz CT molecular complexity index is 647. The molecule has 1 unspecified atom stereocenters. The maximum Gasteiger partial charge on any atom is 0.257 e. The average molecular weight is 347 g/mol. The molecule has 7 nitrogen and oxygen atoms in total. The van der Waals surface area contributed by atoms with Crippen molar-refractivity contribution in [3.8, 4) is 0 Å². The minimum atomic E-state index is -0.745. The van der Waals surface area contributed by atoms with Crippen LogP contribution in [0.3, 0.4) is 0 Å². The highest BCUT2D eigenvalue weighted by Gasteiger charge is 2.43. The summed E-state index contributed by atoms with van der Waals surface area (Å²) in [6.07, 6.45) is 6.61. The number of amides is 3. The Morgan fingerprint density at radius 3 is 2.68 bits per heavy atom. The molecule has 3 amide bonds. The molecule has 1 aliphatic carbocycles. The van der Waals surface area contributed by atoms with Crippen molar-refractivity contribution in [3.05, 3.63) is 24.2 Å². The van der Waals surface area contributed by atoms with Crippen molar-refractivity contribution in [1.82, 2.24) is 15.5 Å². The van der Waals surface area contributed by atoms with Crippen molar-refractivity contribution in [2.24, 2.45) is 5.92 Å². The standard InChI is InChI=1S/C18H25N3O4/c1-12(2)15(22)19-14-9-21(17(24)13-5-8-25-10-13)11-18(20-16(14)23)6-3-4-7-18/h5,8,10,12,14H,3-4,6-7,9,11H2,1-2H3,(H,19,22)(H,20,23). The molecule has 1 aromatic rings. The van der Waals surface area contributed by atoms with Gasteiger partial charge in [0.15, 0.2) is 0 Å². The first-order valence-corrected chi connectivity index (χ1v) is 8.84. The molecule has 2 aliphatic rings. The zero-order chi connectivity index (χ0) is 18.0. The lowest BCUT2D eigenvalue weighted by Gasteiger charge is -2.32. The van der Waals surface area contributed by atoms with Gasteiger partial charge < -0.3 is 20.0 Å². The average Bonchev–Trinajstić information content (AvgIpc) is 3.22. The van der Waals surface area contributed by atoms with Gasteiger partial charge in [-0.25, -0.2) is 0 Å². The predicted octanol–water partition coefficient (Wildman–Crippen LogP) is 1.31. The molecule has 0 bridgehead atoms. The van der Waals surface area contributed by atoms with E-state index in [0.717, 1.165) is 25.7 Å². The Balaban J connectivity index is 1.85. The summed E-state index contributed by atoms with van der Waals surface area (Å²) in [5, 5.41) is 5.88. The van der Waals surface area contributed by atoms with Crippen LogP contribution >= 0.6 is 0 Å². The molecule has 25 heavy (non-hydrogen) atoms. The van der Waals surface area contributed by atoms with Crippen LogP contribution < -0.4 is 10.6 Å². The van der Waals surface area contributed by atoms with Gasteiger partial charge >= 0.3 is 0 Å². The molecule has 2 heterocycles. The van der Waals surface area contributed by atoms with E-state index >= 15 is 0 Å². The van der Waals surface area contributed by atoms with Crippen molar-refractivity contribution in [3.63, 3.8) is 0 Å². The highest BCUT2D eigenvalue weighted by atomic mass is 16.3. The molecule has 2 N–H and O–H groups in total. The molecule has 0 aromatic carbocycles. The Morgan fingerprint density at radius 2 is 2.08 bits per heavy atom. The van der Waals surface area contributed by atoms with Crippen LogP contribution in [0.2, 0.25) is 0 Å². The number of carbonyl (C=O) groups is 3.